The maximum absolute atomic E-state index is 11.8. The molecule has 0 aromatic heterocycles. The summed E-state index contributed by atoms with van der Waals surface area (Å²) in [6, 6.07) is 9.93. The lowest BCUT2D eigenvalue weighted by Crippen LogP contribution is -2.27. The molecule has 1 unspecified atom stereocenters. The largest absolute Gasteiger partial charge is 0.379 e. The van der Waals surface area contributed by atoms with Crippen LogP contribution in [0.4, 0.5) is 0 Å². The second-order valence-electron chi connectivity index (χ2n) is 4.93. The number of hydrogen-bond acceptors (Lipinski definition) is 4. The zero-order valence-electron chi connectivity index (χ0n) is 11.6. The van der Waals surface area contributed by atoms with Crippen LogP contribution in [-0.4, -0.2) is 24.2 Å². The first kappa shape index (κ1) is 14.5. The highest BCUT2D eigenvalue weighted by Gasteiger charge is 2.20. The van der Waals surface area contributed by atoms with Crippen LogP contribution in [-0.2, 0) is 20.9 Å². The van der Waals surface area contributed by atoms with Crippen molar-refractivity contribution in [1.29, 1.82) is 0 Å². The zero-order chi connectivity index (χ0) is 14.4. The van der Waals surface area contributed by atoms with Crippen LogP contribution in [0.2, 0.25) is 0 Å². The maximum atomic E-state index is 11.8. The lowest BCUT2D eigenvalue weighted by molar-refractivity contribution is -0.117. The summed E-state index contributed by atoms with van der Waals surface area (Å²) < 4.78 is 5.82. The van der Waals surface area contributed by atoms with Gasteiger partial charge < -0.3 is 10.1 Å². The third-order valence-electron chi connectivity index (χ3n) is 3.19. The van der Waals surface area contributed by atoms with E-state index in [4.69, 9.17) is 4.74 Å². The minimum atomic E-state index is -0.121. The predicted molar refractivity (Wildman–Crippen MR) is 76.0 cm³/mol. The first-order chi connectivity index (χ1) is 9.65. The first-order valence-corrected chi connectivity index (χ1v) is 6.80. The van der Waals surface area contributed by atoms with Gasteiger partial charge in [0.05, 0.1) is 18.4 Å². The maximum Gasteiger partial charge on any atom is 0.178 e. The standard InChI is InChI=1S/C16H19NO3/c1-12(18)9-15-16(19)8-7-14(10-17-15)20-11-13-5-3-2-4-6-13/h2-6,9,14,17H,7-8,10-11H2,1H3/b15-9+. The van der Waals surface area contributed by atoms with Crippen molar-refractivity contribution in [2.45, 2.75) is 32.5 Å². The molecule has 1 heterocycles. The molecule has 4 nitrogen and oxygen atoms in total. The highest BCUT2D eigenvalue weighted by atomic mass is 16.5. The summed E-state index contributed by atoms with van der Waals surface area (Å²) in [5, 5.41) is 3.01. The number of carbonyl (C=O) groups is 2. The van der Waals surface area contributed by atoms with E-state index >= 15 is 0 Å². The van der Waals surface area contributed by atoms with E-state index in [1.54, 1.807) is 0 Å². The molecule has 20 heavy (non-hydrogen) atoms. The third kappa shape index (κ3) is 4.31. The Bertz CT molecular complexity index is 508. The number of carbonyl (C=O) groups excluding carboxylic acids is 2. The van der Waals surface area contributed by atoms with Gasteiger partial charge in [-0.25, -0.2) is 0 Å². The fourth-order valence-electron chi connectivity index (χ4n) is 2.12. The van der Waals surface area contributed by atoms with Crippen molar-refractivity contribution < 1.29 is 14.3 Å². The molecule has 1 aromatic carbocycles. The Balaban J connectivity index is 1.89. The van der Waals surface area contributed by atoms with Crippen LogP contribution < -0.4 is 5.32 Å². The number of ketones is 2. The van der Waals surface area contributed by atoms with Crippen molar-refractivity contribution in [3.63, 3.8) is 0 Å². The SMILES string of the molecule is CC(=O)/C=C1/NCC(OCc2ccccc2)CCC1=O. The van der Waals surface area contributed by atoms with Gasteiger partial charge in [-0.05, 0) is 18.9 Å². The fourth-order valence-corrected chi connectivity index (χ4v) is 2.12. The average Bonchev–Trinajstić information content (AvgIpc) is 2.61. The second-order valence-corrected chi connectivity index (χ2v) is 4.93. The molecule has 0 radical (unpaired) electrons. The summed E-state index contributed by atoms with van der Waals surface area (Å²) in [7, 11) is 0. The van der Waals surface area contributed by atoms with Gasteiger partial charge in [-0.1, -0.05) is 30.3 Å². The molecule has 2 rings (SSSR count). The quantitative estimate of drug-likeness (QED) is 0.852. The van der Waals surface area contributed by atoms with E-state index in [1.807, 2.05) is 30.3 Å². The predicted octanol–water partition coefficient (Wildman–Crippen LogP) is 2.00. The average molecular weight is 273 g/mol. The summed E-state index contributed by atoms with van der Waals surface area (Å²) in [5.74, 6) is -0.143. The molecule has 0 amide bonds. The Kier molecular flexibility index (Phi) is 5.07. The smallest absolute Gasteiger partial charge is 0.178 e. The molecule has 1 saturated heterocycles. The van der Waals surface area contributed by atoms with Crippen molar-refractivity contribution in [3.8, 4) is 0 Å². The summed E-state index contributed by atoms with van der Waals surface area (Å²) in [6.45, 7) is 2.53. The molecule has 0 spiro atoms. The molecule has 1 atom stereocenters. The molecule has 0 bridgehead atoms. The van der Waals surface area contributed by atoms with E-state index in [9.17, 15) is 9.59 Å². The van der Waals surface area contributed by atoms with Gasteiger partial charge in [0.2, 0.25) is 0 Å². The van der Waals surface area contributed by atoms with Crippen LogP contribution in [0.25, 0.3) is 0 Å². The van der Waals surface area contributed by atoms with Gasteiger partial charge in [0, 0.05) is 19.0 Å². The van der Waals surface area contributed by atoms with Crippen molar-refractivity contribution >= 4 is 11.6 Å². The number of benzene rings is 1. The summed E-state index contributed by atoms with van der Waals surface area (Å²) in [6.07, 6.45) is 2.43. The lowest BCUT2D eigenvalue weighted by atomic mass is 10.1. The van der Waals surface area contributed by atoms with E-state index in [-0.39, 0.29) is 17.7 Å². The molecular weight excluding hydrogens is 254 g/mol. The van der Waals surface area contributed by atoms with Gasteiger partial charge in [0.15, 0.2) is 11.6 Å². The monoisotopic (exact) mass is 273 g/mol. The van der Waals surface area contributed by atoms with Gasteiger partial charge in [0.25, 0.3) is 0 Å². The minimum absolute atomic E-state index is 0.0167. The van der Waals surface area contributed by atoms with Crippen LogP contribution in [0.15, 0.2) is 42.1 Å². The Morgan fingerprint density at radius 2 is 2.15 bits per heavy atom. The second kappa shape index (κ2) is 7.01. The van der Waals surface area contributed by atoms with Gasteiger partial charge in [0.1, 0.15) is 0 Å². The third-order valence-corrected chi connectivity index (χ3v) is 3.19. The highest BCUT2D eigenvalue weighted by Crippen LogP contribution is 2.13. The van der Waals surface area contributed by atoms with Crippen molar-refractivity contribution in [2.75, 3.05) is 6.54 Å². The molecule has 1 aromatic rings. The number of nitrogens with one attached hydrogen (secondary N) is 1. The Morgan fingerprint density at radius 1 is 1.40 bits per heavy atom. The van der Waals surface area contributed by atoms with E-state index in [2.05, 4.69) is 5.32 Å². The minimum Gasteiger partial charge on any atom is -0.379 e. The number of hydrogen-bond donors (Lipinski definition) is 1. The molecule has 4 heteroatoms. The number of rotatable bonds is 4. The van der Waals surface area contributed by atoms with E-state index in [0.29, 0.717) is 31.7 Å². The van der Waals surface area contributed by atoms with Gasteiger partial charge in [-0.2, -0.15) is 0 Å². The first-order valence-electron chi connectivity index (χ1n) is 6.80. The summed E-state index contributed by atoms with van der Waals surface area (Å²) in [5.41, 5.74) is 1.52. The van der Waals surface area contributed by atoms with E-state index in [0.717, 1.165) is 5.56 Å². The van der Waals surface area contributed by atoms with Gasteiger partial charge >= 0.3 is 0 Å². The number of ether oxygens (including phenoxy) is 1. The van der Waals surface area contributed by atoms with Crippen LogP contribution in [0.3, 0.4) is 0 Å². The van der Waals surface area contributed by atoms with E-state index < -0.39 is 0 Å². The molecule has 1 fully saturated rings. The normalized spacial score (nSPS) is 21.4. The highest BCUT2D eigenvalue weighted by molar-refractivity contribution is 6.01. The molecule has 1 aliphatic rings. The molecule has 1 aliphatic heterocycles. The lowest BCUT2D eigenvalue weighted by Gasteiger charge is -2.15. The van der Waals surface area contributed by atoms with Crippen molar-refractivity contribution in [3.05, 3.63) is 47.7 Å². The molecule has 1 N–H and O–H groups in total. The van der Waals surface area contributed by atoms with Crippen LogP contribution >= 0.6 is 0 Å². The Morgan fingerprint density at radius 3 is 2.85 bits per heavy atom. The van der Waals surface area contributed by atoms with Gasteiger partial charge in [-0.3, -0.25) is 9.59 Å². The van der Waals surface area contributed by atoms with Gasteiger partial charge in [-0.15, -0.1) is 0 Å². The van der Waals surface area contributed by atoms with Crippen molar-refractivity contribution in [1.82, 2.24) is 5.32 Å². The molecule has 106 valence electrons. The Labute approximate surface area is 118 Å². The topological polar surface area (TPSA) is 55.4 Å². The number of allylic oxidation sites excluding steroid dienone is 2. The molecule has 0 aliphatic carbocycles. The van der Waals surface area contributed by atoms with Crippen molar-refractivity contribution in [2.24, 2.45) is 0 Å². The van der Waals surface area contributed by atoms with E-state index in [1.165, 1.54) is 13.0 Å². The molecule has 0 saturated carbocycles. The number of Topliss-reactive ketones (excluding diaryl/α,β-unsaturated/α-hetero) is 1. The zero-order valence-corrected chi connectivity index (χ0v) is 11.6. The van der Waals surface area contributed by atoms with Crippen LogP contribution in [0, 0.1) is 0 Å². The van der Waals surface area contributed by atoms with Crippen LogP contribution in [0.1, 0.15) is 25.3 Å². The fraction of sp³-hybridized carbons (Fsp3) is 0.375. The molecular formula is C16H19NO3. The summed E-state index contributed by atoms with van der Waals surface area (Å²) >= 11 is 0. The van der Waals surface area contributed by atoms with Crippen LogP contribution in [0.5, 0.6) is 0 Å². The summed E-state index contributed by atoms with van der Waals surface area (Å²) in [4.78, 5) is 22.9. The Hall–Kier alpha value is -1.94.